The van der Waals surface area contributed by atoms with Crippen LogP contribution in [0.15, 0.2) is 24.7 Å². The van der Waals surface area contributed by atoms with Gasteiger partial charge in [0.2, 0.25) is 5.91 Å². The molecular formula is C23H31F3N6O2. The van der Waals surface area contributed by atoms with Crippen LogP contribution in [0, 0.1) is 5.92 Å². The smallest absolute Gasteiger partial charge is 0.381 e. The fourth-order valence-corrected chi connectivity index (χ4v) is 4.76. The number of nitrogens with zero attached hydrogens (tertiary/aromatic N) is 4. The van der Waals surface area contributed by atoms with Crippen molar-refractivity contribution in [1.82, 2.24) is 24.8 Å². The number of hydrogen-bond acceptors (Lipinski definition) is 6. The highest BCUT2D eigenvalue weighted by Gasteiger charge is 2.48. The van der Waals surface area contributed by atoms with Crippen LogP contribution in [0.4, 0.5) is 19.0 Å². The van der Waals surface area contributed by atoms with E-state index in [-0.39, 0.29) is 31.3 Å². The van der Waals surface area contributed by atoms with Gasteiger partial charge >= 0.3 is 6.18 Å². The molecule has 2 aromatic rings. The first kappa shape index (κ1) is 24.5. The molecule has 11 heteroatoms. The number of likely N-dealkylation sites (N-methyl/N-ethyl adjacent to an activating group) is 1. The van der Waals surface area contributed by atoms with Gasteiger partial charge in [-0.05, 0) is 44.8 Å². The fourth-order valence-electron chi connectivity index (χ4n) is 4.76. The number of amides is 1. The lowest BCUT2D eigenvalue weighted by molar-refractivity contribution is -0.188. The molecule has 4 rings (SSSR count). The van der Waals surface area contributed by atoms with E-state index in [2.05, 4.69) is 20.3 Å². The van der Waals surface area contributed by atoms with Gasteiger partial charge in [0.25, 0.3) is 0 Å². The summed E-state index contributed by atoms with van der Waals surface area (Å²) in [5, 5.41) is 3.77. The van der Waals surface area contributed by atoms with Gasteiger partial charge in [-0.2, -0.15) is 13.2 Å². The lowest BCUT2D eigenvalue weighted by Crippen LogP contribution is -2.53. The molecule has 2 aromatic heterocycles. The van der Waals surface area contributed by atoms with Crippen LogP contribution in [0.3, 0.4) is 0 Å². The maximum atomic E-state index is 13.9. The maximum Gasteiger partial charge on any atom is 0.393 e. The summed E-state index contributed by atoms with van der Waals surface area (Å²) in [6.45, 7) is 1.87. The van der Waals surface area contributed by atoms with E-state index in [1.54, 1.807) is 6.08 Å². The summed E-state index contributed by atoms with van der Waals surface area (Å²) in [5.41, 5.74) is 1.57. The van der Waals surface area contributed by atoms with Crippen LogP contribution in [0.25, 0.3) is 11.0 Å². The van der Waals surface area contributed by atoms with Crippen LogP contribution in [-0.4, -0.2) is 89.8 Å². The molecule has 0 aliphatic carbocycles. The van der Waals surface area contributed by atoms with Gasteiger partial charge in [-0.15, -0.1) is 0 Å². The van der Waals surface area contributed by atoms with Crippen molar-refractivity contribution < 1.29 is 22.7 Å². The number of ether oxygens (including phenoxy) is 1. The monoisotopic (exact) mass is 480 g/mol. The number of halogens is 3. The third-order valence-electron chi connectivity index (χ3n) is 6.56. The largest absolute Gasteiger partial charge is 0.393 e. The third-order valence-corrected chi connectivity index (χ3v) is 6.56. The minimum atomic E-state index is -4.39. The maximum absolute atomic E-state index is 13.9. The molecule has 2 saturated heterocycles. The molecule has 4 heterocycles. The molecule has 0 bridgehead atoms. The summed E-state index contributed by atoms with van der Waals surface area (Å²) in [6.07, 6.45) is 3.47. The van der Waals surface area contributed by atoms with Crippen molar-refractivity contribution in [3.63, 3.8) is 0 Å². The lowest BCUT2D eigenvalue weighted by atomic mass is 9.89. The van der Waals surface area contributed by atoms with Crippen LogP contribution in [0.5, 0.6) is 0 Å². The summed E-state index contributed by atoms with van der Waals surface area (Å²) >= 11 is 0. The van der Waals surface area contributed by atoms with Gasteiger partial charge in [0.15, 0.2) is 0 Å². The van der Waals surface area contributed by atoms with Gasteiger partial charge in [0.1, 0.15) is 17.8 Å². The summed E-state index contributed by atoms with van der Waals surface area (Å²) in [5.74, 6) is -1.28. The Balaban J connectivity index is 1.59. The number of carbonyl (C=O) groups is 1. The van der Waals surface area contributed by atoms with Crippen LogP contribution in [-0.2, 0) is 9.53 Å². The predicted molar refractivity (Wildman–Crippen MR) is 123 cm³/mol. The molecule has 0 radical (unpaired) electrons. The van der Waals surface area contributed by atoms with Gasteiger partial charge in [0, 0.05) is 45.1 Å². The topological polar surface area (TPSA) is 86.4 Å². The van der Waals surface area contributed by atoms with Gasteiger partial charge in [-0.3, -0.25) is 4.79 Å². The quantitative estimate of drug-likeness (QED) is 0.618. The number of likely N-dealkylation sites (tertiary alicyclic amines) is 1. The Kier molecular flexibility index (Phi) is 7.42. The highest BCUT2D eigenvalue weighted by Crippen LogP contribution is 2.38. The molecule has 8 nitrogen and oxygen atoms in total. The Morgan fingerprint density at radius 2 is 2.06 bits per heavy atom. The zero-order valence-corrected chi connectivity index (χ0v) is 19.4. The Bertz CT molecular complexity index is 1020. The predicted octanol–water partition coefficient (Wildman–Crippen LogP) is 3.16. The molecular weight excluding hydrogens is 449 g/mol. The van der Waals surface area contributed by atoms with Gasteiger partial charge in [-0.1, -0.05) is 6.08 Å². The average Bonchev–Trinajstić information content (AvgIpc) is 3.24. The second-order valence-electron chi connectivity index (χ2n) is 9.21. The fraction of sp³-hybridized carbons (Fsp3) is 0.609. The Morgan fingerprint density at radius 3 is 2.76 bits per heavy atom. The van der Waals surface area contributed by atoms with Crippen LogP contribution in [0.2, 0.25) is 0 Å². The first-order valence-electron chi connectivity index (χ1n) is 11.6. The van der Waals surface area contributed by atoms with Crippen molar-refractivity contribution >= 4 is 22.8 Å². The SMILES string of the molecule is CN(C)C/C=C/C(=O)N1CC[C@H](C(F)(F)F)[C@@H](Nc2ncnc3[nH]cc(C4CCOCC4)c23)C1. The lowest BCUT2D eigenvalue weighted by Gasteiger charge is -2.39. The van der Waals surface area contributed by atoms with Crippen LogP contribution in [0.1, 0.15) is 30.7 Å². The van der Waals surface area contributed by atoms with E-state index in [1.165, 1.54) is 17.3 Å². The number of anilines is 1. The van der Waals surface area contributed by atoms with E-state index in [0.717, 1.165) is 18.4 Å². The molecule has 34 heavy (non-hydrogen) atoms. The normalized spacial score (nSPS) is 22.7. The first-order valence-corrected chi connectivity index (χ1v) is 11.6. The first-order chi connectivity index (χ1) is 16.2. The molecule has 2 fully saturated rings. The molecule has 186 valence electrons. The highest BCUT2D eigenvalue weighted by molar-refractivity contribution is 5.91. The van der Waals surface area contributed by atoms with Crippen molar-refractivity contribution in [2.75, 3.05) is 52.3 Å². The number of piperidine rings is 1. The number of carbonyl (C=O) groups excluding carboxylic acids is 1. The van der Waals surface area contributed by atoms with Gasteiger partial charge < -0.3 is 24.8 Å². The van der Waals surface area contributed by atoms with E-state index in [0.29, 0.717) is 36.6 Å². The third kappa shape index (κ3) is 5.52. The van der Waals surface area contributed by atoms with Crippen molar-refractivity contribution in [2.45, 2.75) is 37.4 Å². The Labute approximate surface area is 196 Å². The van der Waals surface area contributed by atoms with Gasteiger partial charge in [0.05, 0.1) is 17.3 Å². The van der Waals surface area contributed by atoms with Crippen LogP contribution < -0.4 is 5.32 Å². The van der Waals surface area contributed by atoms with E-state index in [9.17, 15) is 18.0 Å². The standard InChI is InChI=1S/C23H31F3N6O2/c1-31(2)8-3-4-19(33)32-9-5-17(23(24,25)26)18(13-32)30-22-20-16(15-6-10-34-11-7-15)12-27-21(20)28-14-29-22/h3-4,12,14-15,17-18H,5-11,13H2,1-2H3,(H2,27,28,29,30)/b4-3+/t17-,18-/m0/s1. The molecule has 2 aliphatic heterocycles. The number of alkyl halides is 3. The molecule has 0 saturated carbocycles. The number of hydrogen-bond donors (Lipinski definition) is 2. The second-order valence-corrected chi connectivity index (χ2v) is 9.21. The van der Waals surface area contributed by atoms with E-state index in [4.69, 9.17) is 4.74 Å². The minimum Gasteiger partial charge on any atom is -0.381 e. The summed E-state index contributed by atoms with van der Waals surface area (Å²) in [7, 11) is 3.75. The number of fused-ring (bicyclic) bond motifs is 1. The van der Waals surface area contributed by atoms with E-state index < -0.39 is 18.1 Å². The zero-order chi connectivity index (χ0) is 24.3. The zero-order valence-electron chi connectivity index (χ0n) is 19.4. The molecule has 0 unspecified atom stereocenters. The summed E-state index contributed by atoms with van der Waals surface area (Å²) in [4.78, 5) is 27.7. The van der Waals surface area contributed by atoms with Crippen molar-refractivity contribution in [1.29, 1.82) is 0 Å². The van der Waals surface area contributed by atoms with E-state index >= 15 is 0 Å². The number of H-pyrrole nitrogens is 1. The van der Waals surface area contributed by atoms with Crippen molar-refractivity contribution in [2.24, 2.45) is 5.92 Å². The molecule has 2 atom stereocenters. The number of aromatic nitrogens is 3. The molecule has 0 aromatic carbocycles. The van der Waals surface area contributed by atoms with E-state index in [1.807, 2.05) is 25.2 Å². The second kappa shape index (κ2) is 10.3. The minimum absolute atomic E-state index is 0.0577. The van der Waals surface area contributed by atoms with Gasteiger partial charge in [-0.25, -0.2) is 9.97 Å². The highest BCUT2D eigenvalue weighted by atomic mass is 19.4. The van der Waals surface area contributed by atoms with Crippen LogP contribution >= 0.6 is 0 Å². The molecule has 1 amide bonds. The number of nitrogens with one attached hydrogen (secondary N) is 2. The number of rotatable bonds is 6. The average molecular weight is 481 g/mol. The van der Waals surface area contributed by atoms with Crippen molar-refractivity contribution in [3.8, 4) is 0 Å². The Hall–Kier alpha value is -2.66. The number of aromatic amines is 1. The Morgan fingerprint density at radius 1 is 1.29 bits per heavy atom. The summed E-state index contributed by atoms with van der Waals surface area (Å²) in [6, 6.07) is -1.02. The van der Waals surface area contributed by atoms with Crippen molar-refractivity contribution in [3.05, 3.63) is 30.2 Å². The molecule has 2 N–H and O–H groups in total. The molecule has 0 spiro atoms. The molecule has 2 aliphatic rings. The summed E-state index contributed by atoms with van der Waals surface area (Å²) < 4.78 is 47.2.